The van der Waals surface area contributed by atoms with Gasteiger partial charge in [-0.05, 0) is 65.7 Å². The number of carbonyl (C=O) groups is 4. The molecule has 0 bridgehead atoms. The number of thioether (sulfide) groups is 1. The molecule has 34 heavy (non-hydrogen) atoms. The molecule has 0 radical (unpaired) electrons. The molecule has 0 saturated carbocycles. The van der Waals surface area contributed by atoms with Crippen LogP contribution in [-0.4, -0.2) is 58.5 Å². The molecule has 0 aliphatic rings. The molecule has 190 valence electrons. The van der Waals surface area contributed by atoms with Crippen LogP contribution in [-0.2, 0) is 35.1 Å². The maximum absolute atomic E-state index is 12.5. The molecule has 0 fully saturated rings. The second-order valence-corrected chi connectivity index (χ2v) is 11.1. The van der Waals surface area contributed by atoms with Crippen molar-refractivity contribution in [2.75, 3.05) is 17.7 Å². The van der Waals surface area contributed by atoms with Crippen molar-refractivity contribution in [3.05, 3.63) is 29.8 Å². The third-order valence-electron chi connectivity index (χ3n) is 4.15. The van der Waals surface area contributed by atoms with E-state index in [0.717, 1.165) is 17.3 Å². The normalized spacial score (nSPS) is 13.5. The zero-order chi connectivity index (χ0) is 26.1. The summed E-state index contributed by atoms with van der Waals surface area (Å²) in [4.78, 5) is 47.8. The van der Waals surface area contributed by atoms with E-state index >= 15 is 0 Å². The summed E-state index contributed by atoms with van der Waals surface area (Å²) in [5, 5.41) is 5.33. The lowest BCUT2D eigenvalue weighted by atomic mass is 10.1. The summed E-state index contributed by atoms with van der Waals surface area (Å²) < 4.78 is 10.6. The van der Waals surface area contributed by atoms with Gasteiger partial charge in [0.2, 0.25) is 5.91 Å². The van der Waals surface area contributed by atoms with Gasteiger partial charge in [0.05, 0.1) is 12.2 Å². The minimum atomic E-state index is -0.965. The smallest absolute Gasteiger partial charge is 0.397 e. The standard InChI is InChI=1S/C24H37N3O6S/c1-15(28)34-14-18(27-20(29)19(25)13-32-23(2,3)4)12-16-8-10-17(11-9-16)26-21(30)22(31)33-24(5,6)7/h8-11,18-19H,12-14,25H2,1-7H3,(H,26,30)(H,27,29)/t18-,19+/m1/s1. The fourth-order valence-corrected chi connectivity index (χ4v) is 3.25. The molecule has 0 heterocycles. The highest BCUT2D eigenvalue weighted by Crippen LogP contribution is 2.15. The topological polar surface area (TPSA) is 137 Å². The van der Waals surface area contributed by atoms with Crippen molar-refractivity contribution >= 4 is 40.3 Å². The highest BCUT2D eigenvalue weighted by molar-refractivity contribution is 8.13. The van der Waals surface area contributed by atoms with E-state index in [1.165, 1.54) is 6.92 Å². The van der Waals surface area contributed by atoms with Crippen LogP contribution in [0.2, 0.25) is 0 Å². The number of esters is 1. The quantitative estimate of drug-likeness (QED) is 0.351. The van der Waals surface area contributed by atoms with Crippen molar-refractivity contribution < 1.29 is 28.7 Å². The largest absolute Gasteiger partial charge is 0.453 e. The highest BCUT2D eigenvalue weighted by Gasteiger charge is 2.24. The van der Waals surface area contributed by atoms with Crippen LogP contribution in [0.3, 0.4) is 0 Å². The van der Waals surface area contributed by atoms with Crippen molar-refractivity contribution in [2.24, 2.45) is 5.73 Å². The fourth-order valence-electron chi connectivity index (χ4n) is 2.61. The van der Waals surface area contributed by atoms with Crippen LogP contribution in [0.5, 0.6) is 0 Å². The Bertz CT molecular complexity index is 859. The molecule has 1 rings (SSSR count). The summed E-state index contributed by atoms with van der Waals surface area (Å²) in [5.41, 5.74) is 6.08. The second kappa shape index (κ2) is 12.9. The monoisotopic (exact) mass is 495 g/mol. The van der Waals surface area contributed by atoms with E-state index in [4.69, 9.17) is 15.2 Å². The number of ether oxygens (including phenoxy) is 2. The maximum Gasteiger partial charge on any atom is 0.397 e. The Kier molecular flexibility index (Phi) is 11.2. The third-order valence-corrected chi connectivity index (χ3v) is 5.12. The summed E-state index contributed by atoms with van der Waals surface area (Å²) >= 11 is 1.12. The predicted molar refractivity (Wildman–Crippen MR) is 133 cm³/mol. The maximum atomic E-state index is 12.5. The minimum absolute atomic E-state index is 0.0557. The first-order valence-corrected chi connectivity index (χ1v) is 12.0. The van der Waals surface area contributed by atoms with Gasteiger partial charge in [0.1, 0.15) is 11.6 Å². The van der Waals surface area contributed by atoms with Crippen molar-refractivity contribution in [3.8, 4) is 0 Å². The van der Waals surface area contributed by atoms with E-state index in [2.05, 4.69) is 10.6 Å². The number of anilines is 1. The summed E-state index contributed by atoms with van der Waals surface area (Å²) in [6.45, 7) is 12.2. The van der Waals surface area contributed by atoms with E-state index in [-0.39, 0.29) is 23.7 Å². The van der Waals surface area contributed by atoms with Gasteiger partial charge in [-0.15, -0.1) is 0 Å². The number of nitrogens with one attached hydrogen (secondary N) is 2. The van der Waals surface area contributed by atoms with Gasteiger partial charge in [-0.2, -0.15) is 0 Å². The molecule has 10 heteroatoms. The van der Waals surface area contributed by atoms with Crippen LogP contribution in [0, 0.1) is 0 Å². The molecule has 2 amide bonds. The van der Waals surface area contributed by atoms with Gasteiger partial charge in [0.15, 0.2) is 5.12 Å². The number of carbonyl (C=O) groups excluding carboxylic acids is 4. The van der Waals surface area contributed by atoms with Gasteiger partial charge in [-0.3, -0.25) is 14.4 Å². The Hall–Kier alpha value is -2.43. The number of rotatable bonds is 9. The SMILES string of the molecule is CC(=O)SC[C@@H](Cc1ccc(NC(=O)C(=O)OC(C)(C)C)cc1)NC(=O)[C@@H](N)COC(C)(C)C. The molecule has 0 spiro atoms. The Morgan fingerprint density at radius 3 is 2.09 bits per heavy atom. The molecule has 0 unspecified atom stereocenters. The van der Waals surface area contributed by atoms with Crippen molar-refractivity contribution in [3.63, 3.8) is 0 Å². The Labute approximate surface area is 205 Å². The highest BCUT2D eigenvalue weighted by atomic mass is 32.2. The fraction of sp³-hybridized carbons (Fsp3) is 0.583. The number of benzene rings is 1. The summed E-state index contributed by atoms with van der Waals surface area (Å²) in [7, 11) is 0. The van der Waals surface area contributed by atoms with Crippen LogP contribution in [0.4, 0.5) is 5.69 Å². The van der Waals surface area contributed by atoms with Gasteiger partial charge < -0.3 is 25.8 Å². The minimum Gasteiger partial charge on any atom is -0.453 e. The van der Waals surface area contributed by atoms with Crippen molar-refractivity contribution in [1.29, 1.82) is 0 Å². The van der Waals surface area contributed by atoms with E-state index in [1.807, 2.05) is 20.8 Å². The second-order valence-electron chi connectivity index (χ2n) is 9.90. The average molecular weight is 496 g/mol. The molecule has 1 aromatic carbocycles. The zero-order valence-electron chi connectivity index (χ0n) is 21.0. The predicted octanol–water partition coefficient (Wildman–Crippen LogP) is 2.42. The molecule has 0 aliphatic carbocycles. The molecule has 0 saturated heterocycles. The summed E-state index contributed by atoms with van der Waals surface area (Å²) in [5.74, 6) is -1.81. The van der Waals surface area contributed by atoms with Crippen LogP contribution in [0.1, 0.15) is 54.0 Å². The Balaban J connectivity index is 2.77. The van der Waals surface area contributed by atoms with E-state index < -0.39 is 29.1 Å². The van der Waals surface area contributed by atoms with Crippen LogP contribution >= 0.6 is 11.8 Å². The molecular weight excluding hydrogens is 458 g/mol. The number of amides is 2. The molecule has 0 aliphatic heterocycles. The lowest BCUT2D eigenvalue weighted by Gasteiger charge is -2.24. The number of nitrogens with two attached hydrogens (primary N) is 1. The van der Waals surface area contributed by atoms with Crippen LogP contribution in [0.25, 0.3) is 0 Å². The Morgan fingerprint density at radius 1 is 1.00 bits per heavy atom. The number of hydrogen-bond donors (Lipinski definition) is 3. The molecule has 4 N–H and O–H groups in total. The molecule has 2 atom stereocenters. The lowest BCUT2D eigenvalue weighted by Crippen LogP contribution is -2.49. The summed E-state index contributed by atoms with van der Waals surface area (Å²) in [6.07, 6.45) is 0.444. The van der Waals surface area contributed by atoms with E-state index in [1.54, 1.807) is 45.0 Å². The molecule has 9 nitrogen and oxygen atoms in total. The van der Waals surface area contributed by atoms with Gasteiger partial charge in [-0.25, -0.2) is 4.79 Å². The van der Waals surface area contributed by atoms with Crippen LogP contribution in [0.15, 0.2) is 24.3 Å². The molecular formula is C24H37N3O6S. The van der Waals surface area contributed by atoms with Gasteiger partial charge in [-0.1, -0.05) is 23.9 Å². The van der Waals surface area contributed by atoms with E-state index in [0.29, 0.717) is 17.9 Å². The third kappa shape index (κ3) is 12.7. The van der Waals surface area contributed by atoms with Gasteiger partial charge in [0.25, 0.3) is 0 Å². The first kappa shape index (κ1) is 29.6. The zero-order valence-corrected chi connectivity index (χ0v) is 21.8. The first-order chi connectivity index (χ1) is 15.6. The Morgan fingerprint density at radius 2 is 1.59 bits per heavy atom. The lowest BCUT2D eigenvalue weighted by molar-refractivity contribution is -0.161. The van der Waals surface area contributed by atoms with Crippen molar-refractivity contribution in [1.82, 2.24) is 5.32 Å². The number of hydrogen-bond acceptors (Lipinski definition) is 8. The first-order valence-electron chi connectivity index (χ1n) is 11.0. The van der Waals surface area contributed by atoms with Gasteiger partial charge >= 0.3 is 11.9 Å². The molecule has 1 aromatic rings. The van der Waals surface area contributed by atoms with E-state index in [9.17, 15) is 19.2 Å². The van der Waals surface area contributed by atoms with Crippen molar-refractivity contribution in [2.45, 2.75) is 78.2 Å². The van der Waals surface area contributed by atoms with Gasteiger partial charge in [0, 0.05) is 24.4 Å². The molecule has 0 aromatic heterocycles. The van der Waals surface area contributed by atoms with Crippen LogP contribution < -0.4 is 16.4 Å². The average Bonchev–Trinajstić information content (AvgIpc) is 2.69. The summed E-state index contributed by atoms with van der Waals surface area (Å²) in [6, 6.07) is 5.66.